The van der Waals surface area contributed by atoms with Crippen LogP contribution in [0.15, 0.2) is 29.1 Å². The van der Waals surface area contributed by atoms with E-state index in [0.717, 1.165) is 23.2 Å². The molecule has 3 nitrogen and oxygen atoms in total. The van der Waals surface area contributed by atoms with Crippen molar-refractivity contribution in [3.8, 4) is 11.3 Å². The van der Waals surface area contributed by atoms with Crippen molar-refractivity contribution >= 4 is 0 Å². The number of rotatable bonds is 0. The van der Waals surface area contributed by atoms with E-state index in [1.54, 1.807) is 0 Å². The van der Waals surface area contributed by atoms with E-state index >= 15 is 0 Å². The number of fused-ring (bicyclic) bond motifs is 3. The van der Waals surface area contributed by atoms with Crippen LogP contribution in [-0.4, -0.2) is 10.2 Å². The fourth-order valence-corrected chi connectivity index (χ4v) is 1.89. The third-order valence-electron chi connectivity index (χ3n) is 2.53. The molecule has 0 fully saturated rings. The summed E-state index contributed by atoms with van der Waals surface area (Å²) in [6, 6.07) is 8.08. The molecule has 0 amide bonds. The molecule has 1 aromatic heterocycles. The van der Waals surface area contributed by atoms with Crippen molar-refractivity contribution in [2.45, 2.75) is 6.42 Å². The average Bonchev–Trinajstić information content (AvgIpc) is 2.67. The van der Waals surface area contributed by atoms with E-state index in [2.05, 4.69) is 16.3 Å². The van der Waals surface area contributed by atoms with Crippen molar-refractivity contribution in [3.63, 3.8) is 0 Å². The molecule has 1 aromatic carbocycles. The summed E-state index contributed by atoms with van der Waals surface area (Å²) in [5, 5.41) is 5.50. The van der Waals surface area contributed by atoms with Gasteiger partial charge in [-0.1, -0.05) is 24.3 Å². The fourth-order valence-electron chi connectivity index (χ4n) is 1.89. The topological polar surface area (TPSA) is 48.6 Å². The van der Waals surface area contributed by atoms with Crippen LogP contribution in [0.5, 0.6) is 0 Å². The van der Waals surface area contributed by atoms with Crippen LogP contribution < -0.4 is 5.56 Å². The molecule has 0 saturated carbocycles. The van der Waals surface area contributed by atoms with Gasteiger partial charge >= 0.3 is 0 Å². The van der Waals surface area contributed by atoms with Crippen molar-refractivity contribution < 1.29 is 0 Å². The molecule has 1 heterocycles. The van der Waals surface area contributed by atoms with Crippen molar-refractivity contribution in [2.75, 3.05) is 0 Å². The SMILES string of the molecule is O=c1[nH][nH]c2c1Cc1ccccc1-2. The summed E-state index contributed by atoms with van der Waals surface area (Å²) in [4.78, 5) is 11.3. The minimum atomic E-state index is 0.00574. The molecule has 0 bridgehead atoms. The summed E-state index contributed by atoms with van der Waals surface area (Å²) in [6.07, 6.45) is 0.754. The number of H-pyrrole nitrogens is 2. The number of benzene rings is 1. The summed E-state index contributed by atoms with van der Waals surface area (Å²) in [7, 11) is 0. The second-order valence-corrected chi connectivity index (χ2v) is 3.27. The highest BCUT2D eigenvalue weighted by Gasteiger charge is 2.21. The Bertz CT molecular complexity index is 522. The van der Waals surface area contributed by atoms with Gasteiger partial charge in [0.1, 0.15) is 0 Å². The van der Waals surface area contributed by atoms with Gasteiger partial charge in [0.05, 0.1) is 5.69 Å². The molecule has 2 aromatic rings. The van der Waals surface area contributed by atoms with Crippen LogP contribution in [0.1, 0.15) is 11.1 Å². The van der Waals surface area contributed by atoms with Crippen LogP contribution in [-0.2, 0) is 6.42 Å². The van der Waals surface area contributed by atoms with Gasteiger partial charge in [-0.15, -0.1) is 0 Å². The Hall–Kier alpha value is -1.77. The highest BCUT2D eigenvalue weighted by molar-refractivity contribution is 5.72. The minimum absolute atomic E-state index is 0.00574. The maximum absolute atomic E-state index is 11.3. The van der Waals surface area contributed by atoms with Crippen LogP contribution in [0.25, 0.3) is 11.3 Å². The van der Waals surface area contributed by atoms with Gasteiger partial charge in [0.25, 0.3) is 5.56 Å². The molecule has 0 radical (unpaired) electrons. The van der Waals surface area contributed by atoms with E-state index in [9.17, 15) is 4.79 Å². The van der Waals surface area contributed by atoms with Gasteiger partial charge in [-0.3, -0.25) is 15.0 Å². The summed E-state index contributed by atoms with van der Waals surface area (Å²) in [5.74, 6) is 0. The smallest absolute Gasteiger partial charge is 0.268 e. The Labute approximate surface area is 74.4 Å². The van der Waals surface area contributed by atoms with E-state index in [1.807, 2.05) is 18.2 Å². The highest BCUT2D eigenvalue weighted by Crippen LogP contribution is 2.32. The van der Waals surface area contributed by atoms with Crippen LogP contribution in [0.3, 0.4) is 0 Å². The molecule has 0 unspecified atom stereocenters. The normalized spacial score (nSPS) is 12.6. The summed E-state index contributed by atoms with van der Waals surface area (Å²) >= 11 is 0. The Morgan fingerprint density at radius 3 is 2.92 bits per heavy atom. The Morgan fingerprint density at radius 2 is 2.00 bits per heavy atom. The molecule has 0 atom stereocenters. The van der Waals surface area contributed by atoms with Crippen molar-refractivity contribution in [2.24, 2.45) is 0 Å². The van der Waals surface area contributed by atoms with Gasteiger partial charge < -0.3 is 0 Å². The monoisotopic (exact) mass is 172 g/mol. The zero-order valence-corrected chi connectivity index (χ0v) is 6.92. The zero-order chi connectivity index (χ0) is 8.84. The maximum Gasteiger partial charge on any atom is 0.268 e. The quantitative estimate of drug-likeness (QED) is 0.527. The van der Waals surface area contributed by atoms with Crippen molar-refractivity contribution in [1.82, 2.24) is 10.2 Å². The van der Waals surface area contributed by atoms with E-state index in [4.69, 9.17) is 0 Å². The van der Waals surface area contributed by atoms with E-state index in [-0.39, 0.29) is 5.56 Å². The minimum Gasteiger partial charge on any atom is -0.297 e. The Kier molecular flexibility index (Phi) is 1.10. The van der Waals surface area contributed by atoms with Gasteiger partial charge in [0, 0.05) is 17.5 Å². The maximum atomic E-state index is 11.3. The van der Waals surface area contributed by atoms with Gasteiger partial charge in [0.15, 0.2) is 0 Å². The van der Waals surface area contributed by atoms with Crippen molar-refractivity contribution in [3.05, 3.63) is 45.7 Å². The van der Waals surface area contributed by atoms with Crippen LogP contribution in [0.4, 0.5) is 0 Å². The number of aromatic nitrogens is 2. The Morgan fingerprint density at radius 1 is 1.15 bits per heavy atom. The van der Waals surface area contributed by atoms with Crippen molar-refractivity contribution in [1.29, 1.82) is 0 Å². The summed E-state index contributed by atoms with van der Waals surface area (Å²) in [6.45, 7) is 0. The lowest BCUT2D eigenvalue weighted by Gasteiger charge is -1.95. The number of hydrogen-bond acceptors (Lipinski definition) is 1. The molecule has 1 aliphatic carbocycles. The molecule has 64 valence electrons. The van der Waals surface area contributed by atoms with Crippen LogP contribution >= 0.6 is 0 Å². The number of nitrogens with one attached hydrogen (secondary N) is 2. The molecule has 0 spiro atoms. The predicted molar refractivity (Wildman–Crippen MR) is 49.7 cm³/mol. The largest absolute Gasteiger partial charge is 0.297 e. The van der Waals surface area contributed by atoms with Gasteiger partial charge in [0.2, 0.25) is 0 Å². The first kappa shape index (κ1) is 6.71. The molecule has 0 saturated heterocycles. The highest BCUT2D eigenvalue weighted by atomic mass is 16.1. The summed E-state index contributed by atoms with van der Waals surface area (Å²) in [5.41, 5.74) is 4.21. The fraction of sp³-hybridized carbons (Fsp3) is 0.100. The molecule has 3 heteroatoms. The molecule has 3 rings (SSSR count). The van der Waals surface area contributed by atoms with Gasteiger partial charge in [-0.25, -0.2) is 0 Å². The molecule has 0 aliphatic heterocycles. The summed E-state index contributed by atoms with van der Waals surface area (Å²) < 4.78 is 0. The second kappa shape index (κ2) is 2.13. The third-order valence-corrected chi connectivity index (χ3v) is 2.53. The van der Waals surface area contributed by atoms with E-state index in [0.29, 0.717) is 0 Å². The first-order valence-electron chi connectivity index (χ1n) is 4.24. The molecule has 1 aliphatic rings. The standard InChI is InChI=1S/C10H8N2O/c13-10-8-5-6-3-1-2-4-7(6)9(8)11-12-10/h1-4H,5H2,(H2,11,12,13). The molecule has 13 heavy (non-hydrogen) atoms. The lowest BCUT2D eigenvalue weighted by molar-refractivity contribution is 1.05. The lowest BCUT2D eigenvalue weighted by Crippen LogP contribution is -2.04. The first-order chi connectivity index (χ1) is 6.36. The van der Waals surface area contributed by atoms with Crippen LogP contribution in [0.2, 0.25) is 0 Å². The molecular formula is C10H8N2O. The number of hydrogen-bond donors (Lipinski definition) is 2. The van der Waals surface area contributed by atoms with E-state index < -0.39 is 0 Å². The first-order valence-corrected chi connectivity index (χ1v) is 4.24. The van der Waals surface area contributed by atoms with E-state index in [1.165, 1.54) is 5.56 Å². The lowest BCUT2D eigenvalue weighted by atomic mass is 10.1. The molecular weight excluding hydrogens is 164 g/mol. The van der Waals surface area contributed by atoms with Gasteiger partial charge in [-0.05, 0) is 5.56 Å². The third kappa shape index (κ3) is 0.758. The Balaban J connectivity index is 2.38. The number of aromatic amines is 2. The predicted octanol–water partition coefficient (Wildman–Crippen LogP) is 1.27. The van der Waals surface area contributed by atoms with Gasteiger partial charge in [-0.2, -0.15) is 0 Å². The molecule has 2 N–H and O–H groups in total. The average molecular weight is 172 g/mol. The zero-order valence-electron chi connectivity index (χ0n) is 6.92. The second-order valence-electron chi connectivity index (χ2n) is 3.27. The van der Waals surface area contributed by atoms with Crippen LogP contribution in [0, 0.1) is 0 Å².